The minimum atomic E-state index is -4.94. The first kappa shape index (κ1) is 22.1. The molecule has 0 heterocycles. The van der Waals surface area contributed by atoms with Gasteiger partial charge in [0.15, 0.2) is 11.5 Å². The quantitative estimate of drug-likeness (QED) is 0.699. The van der Waals surface area contributed by atoms with Crippen LogP contribution in [0, 0.1) is 0 Å². The smallest absolute Gasteiger partial charge is 0.471 e. The van der Waals surface area contributed by atoms with Gasteiger partial charge < -0.3 is 20.1 Å². The molecular weight excluding hydrogens is 389 g/mol. The first-order valence-electron chi connectivity index (χ1n) is 8.67. The maximum Gasteiger partial charge on any atom is 0.471 e. The number of alkyl halides is 3. The van der Waals surface area contributed by atoms with E-state index in [0.717, 1.165) is 5.56 Å². The number of nitrogens with one attached hydrogen (secondary N) is 2. The Kier molecular flexibility index (Phi) is 7.46. The molecule has 6 nitrogen and oxygen atoms in total. The summed E-state index contributed by atoms with van der Waals surface area (Å²) >= 11 is 0. The second-order valence-corrected chi connectivity index (χ2v) is 6.11. The number of hydrogen-bond donors (Lipinski definition) is 2. The summed E-state index contributed by atoms with van der Waals surface area (Å²) in [6, 6.07) is 11.2. The maximum atomic E-state index is 12.2. The van der Waals surface area contributed by atoms with Gasteiger partial charge in [-0.3, -0.25) is 9.59 Å². The van der Waals surface area contributed by atoms with E-state index in [9.17, 15) is 22.8 Å². The third-order valence-electron chi connectivity index (χ3n) is 4.05. The van der Waals surface area contributed by atoms with E-state index < -0.39 is 12.1 Å². The van der Waals surface area contributed by atoms with Crippen molar-refractivity contribution in [1.29, 1.82) is 0 Å². The van der Waals surface area contributed by atoms with Gasteiger partial charge in [-0.1, -0.05) is 18.2 Å². The number of hydrogen-bond acceptors (Lipinski definition) is 4. The van der Waals surface area contributed by atoms with Gasteiger partial charge in [-0.2, -0.15) is 13.2 Å². The van der Waals surface area contributed by atoms with Gasteiger partial charge in [-0.15, -0.1) is 0 Å². The molecule has 2 aromatic rings. The van der Waals surface area contributed by atoms with Gasteiger partial charge in [0.05, 0.1) is 14.2 Å². The number of amides is 2. The molecule has 0 aromatic heterocycles. The van der Waals surface area contributed by atoms with Crippen LogP contribution in [0.5, 0.6) is 11.5 Å². The zero-order valence-corrected chi connectivity index (χ0v) is 15.9. The van der Waals surface area contributed by atoms with Crippen LogP contribution in [-0.4, -0.2) is 32.2 Å². The fraction of sp³-hybridized carbons (Fsp3) is 0.300. The highest BCUT2D eigenvalue weighted by atomic mass is 19.4. The van der Waals surface area contributed by atoms with Crippen LogP contribution in [0.3, 0.4) is 0 Å². The molecule has 0 fully saturated rings. The standard InChI is InChI=1S/C20H21F3N2O4/c1-28-16-9-5-13(11-17(16)29-2)6-10-18(26)24-12-14-3-7-15(8-4-14)25-19(27)20(21,22)23/h3-5,7-9,11H,6,10,12H2,1-2H3,(H,24,26)(H,25,27). The van der Waals surface area contributed by atoms with E-state index in [2.05, 4.69) is 5.32 Å². The predicted molar refractivity (Wildman–Crippen MR) is 101 cm³/mol. The molecule has 0 aliphatic rings. The van der Waals surface area contributed by atoms with E-state index in [1.807, 2.05) is 6.07 Å². The summed E-state index contributed by atoms with van der Waals surface area (Å²) in [7, 11) is 3.08. The topological polar surface area (TPSA) is 76.7 Å². The second-order valence-electron chi connectivity index (χ2n) is 6.11. The number of ether oxygens (including phenoxy) is 2. The zero-order valence-electron chi connectivity index (χ0n) is 15.9. The molecule has 156 valence electrons. The Morgan fingerprint density at radius 2 is 1.55 bits per heavy atom. The number of benzene rings is 2. The summed E-state index contributed by atoms with van der Waals surface area (Å²) < 4.78 is 47.1. The highest BCUT2D eigenvalue weighted by Gasteiger charge is 2.38. The fourth-order valence-corrected chi connectivity index (χ4v) is 2.49. The summed E-state index contributed by atoms with van der Waals surface area (Å²) in [5.74, 6) is -1.01. The van der Waals surface area contributed by atoms with E-state index in [-0.39, 0.29) is 24.6 Å². The number of halogens is 3. The Labute approximate surface area is 166 Å². The largest absolute Gasteiger partial charge is 0.493 e. The van der Waals surface area contributed by atoms with Crippen LogP contribution < -0.4 is 20.1 Å². The van der Waals surface area contributed by atoms with Crippen molar-refractivity contribution < 1.29 is 32.2 Å². The predicted octanol–water partition coefficient (Wildman–Crippen LogP) is 3.45. The second kappa shape index (κ2) is 9.81. The average Bonchev–Trinajstić information content (AvgIpc) is 2.70. The Hall–Kier alpha value is -3.23. The molecule has 0 radical (unpaired) electrons. The van der Waals surface area contributed by atoms with E-state index >= 15 is 0 Å². The van der Waals surface area contributed by atoms with Crippen LogP contribution in [0.1, 0.15) is 17.5 Å². The number of methoxy groups -OCH3 is 2. The average molecular weight is 410 g/mol. The molecular formula is C20H21F3N2O4. The summed E-state index contributed by atoms with van der Waals surface area (Å²) in [6.45, 7) is 0.221. The van der Waals surface area contributed by atoms with Crippen molar-refractivity contribution in [2.24, 2.45) is 0 Å². The molecule has 2 amide bonds. The molecule has 0 unspecified atom stereocenters. The number of carbonyl (C=O) groups excluding carboxylic acids is 2. The minimum absolute atomic E-state index is 0.0239. The van der Waals surface area contributed by atoms with Crippen LogP contribution in [0.15, 0.2) is 42.5 Å². The molecule has 0 aliphatic carbocycles. The molecule has 2 rings (SSSR count). The Bertz CT molecular complexity index is 852. The van der Waals surface area contributed by atoms with Crippen LogP contribution in [-0.2, 0) is 22.6 Å². The third-order valence-corrected chi connectivity index (χ3v) is 4.05. The number of anilines is 1. The SMILES string of the molecule is COc1ccc(CCC(=O)NCc2ccc(NC(=O)C(F)(F)F)cc2)cc1OC. The minimum Gasteiger partial charge on any atom is -0.493 e. The van der Waals surface area contributed by atoms with Gasteiger partial charge in [0.1, 0.15) is 0 Å². The monoisotopic (exact) mass is 410 g/mol. The van der Waals surface area contributed by atoms with Crippen LogP contribution in [0.2, 0.25) is 0 Å². The first-order chi connectivity index (χ1) is 13.7. The Morgan fingerprint density at radius 1 is 0.931 bits per heavy atom. The third kappa shape index (κ3) is 6.70. The van der Waals surface area contributed by atoms with Gasteiger partial charge in [0.2, 0.25) is 5.91 Å². The molecule has 0 saturated heterocycles. The highest BCUT2D eigenvalue weighted by molar-refractivity contribution is 5.94. The lowest BCUT2D eigenvalue weighted by Gasteiger charge is -2.10. The fourth-order valence-electron chi connectivity index (χ4n) is 2.49. The van der Waals surface area contributed by atoms with E-state index in [4.69, 9.17) is 9.47 Å². The molecule has 0 saturated carbocycles. The van der Waals surface area contributed by atoms with E-state index in [1.165, 1.54) is 31.4 Å². The molecule has 0 bridgehead atoms. The van der Waals surface area contributed by atoms with Gasteiger partial charge in [-0.05, 0) is 41.8 Å². The Morgan fingerprint density at radius 3 is 2.14 bits per heavy atom. The number of carbonyl (C=O) groups is 2. The Balaban J connectivity index is 1.81. The van der Waals surface area contributed by atoms with Crippen molar-refractivity contribution in [3.8, 4) is 11.5 Å². The summed E-state index contributed by atoms with van der Waals surface area (Å²) in [5.41, 5.74) is 1.63. The van der Waals surface area contributed by atoms with Gasteiger partial charge in [-0.25, -0.2) is 0 Å². The first-order valence-corrected chi connectivity index (χ1v) is 8.67. The van der Waals surface area contributed by atoms with E-state index in [1.54, 1.807) is 24.6 Å². The van der Waals surface area contributed by atoms with Crippen LogP contribution >= 0.6 is 0 Å². The highest BCUT2D eigenvalue weighted by Crippen LogP contribution is 2.28. The zero-order chi connectivity index (χ0) is 21.4. The maximum absolute atomic E-state index is 12.2. The molecule has 9 heteroatoms. The van der Waals surface area contributed by atoms with Crippen molar-refractivity contribution in [1.82, 2.24) is 5.32 Å². The summed E-state index contributed by atoms with van der Waals surface area (Å²) in [4.78, 5) is 22.9. The van der Waals surface area contributed by atoms with Crippen molar-refractivity contribution >= 4 is 17.5 Å². The number of rotatable bonds is 8. The van der Waals surface area contributed by atoms with Crippen molar-refractivity contribution in [2.45, 2.75) is 25.6 Å². The summed E-state index contributed by atoms with van der Waals surface area (Å²) in [6.07, 6.45) is -4.18. The molecule has 2 aromatic carbocycles. The molecule has 2 N–H and O–H groups in total. The van der Waals surface area contributed by atoms with Crippen LogP contribution in [0.25, 0.3) is 0 Å². The molecule has 0 spiro atoms. The lowest BCUT2D eigenvalue weighted by Crippen LogP contribution is -2.29. The molecule has 0 atom stereocenters. The van der Waals surface area contributed by atoms with E-state index in [0.29, 0.717) is 23.5 Å². The van der Waals surface area contributed by atoms with Crippen molar-refractivity contribution in [2.75, 3.05) is 19.5 Å². The van der Waals surface area contributed by atoms with Gasteiger partial charge in [0, 0.05) is 18.7 Å². The summed E-state index contributed by atoms with van der Waals surface area (Å²) in [5, 5.41) is 4.50. The van der Waals surface area contributed by atoms with Crippen LogP contribution in [0.4, 0.5) is 18.9 Å². The molecule has 0 aliphatic heterocycles. The molecule has 29 heavy (non-hydrogen) atoms. The lowest BCUT2D eigenvalue weighted by molar-refractivity contribution is -0.167. The van der Waals surface area contributed by atoms with Gasteiger partial charge in [0.25, 0.3) is 0 Å². The number of aryl methyl sites for hydroxylation is 1. The van der Waals surface area contributed by atoms with Crippen molar-refractivity contribution in [3.63, 3.8) is 0 Å². The lowest BCUT2D eigenvalue weighted by atomic mass is 10.1. The van der Waals surface area contributed by atoms with Crippen molar-refractivity contribution in [3.05, 3.63) is 53.6 Å². The normalized spacial score (nSPS) is 10.9. The van der Waals surface area contributed by atoms with Gasteiger partial charge >= 0.3 is 12.1 Å².